The lowest BCUT2D eigenvalue weighted by molar-refractivity contribution is -0.128. The van der Waals surface area contributed by atoms with Gasteiger partial charge in [-0.1, -0.05) is 0 Å². The fourth-order valence-electron chi connectivity index (χ4n) is 5.64. The number of carbonyl (C=O) groups is 3. The summed E-state index contributed by atoms with van der Waals surface area (Å²) in [6, 6.07) is 1.55. The number of aryl methyl sites for hydroxylation is 1. The third kappa shape index (κ3) is 3.64. The monoisotopic (exact) mass is 430 g/mol. The molecule has 4 amide bonds. The normalized spacial score (nSPS) is 22.7. The molecule has 1 aromatic rings. The first-order valence-electron chi connectivity index (χ1n) is 11.4. The molecule has 8 heteroatoms. The van der Waals surface area contributed by atoms with Crippen LogP contribution in [-0.2, 0) is 16.1 Å². The molecule has 8 nitrogen and oxygen atoms in total. The molecule has 0 bridgehead atoms. The van der Waals surface area contributed by atoms with Gasteiger partial charge in [0.05, 0.1) is 5.56 Å². The summed E-state index contributed by atoms with van der Waals surface area (Å²) in [5.41, 5.74) is 2.85. The van der Waals surface area contributed by atoms with Crippen LogP contribution in [0.25, 0.3) is 0 Å². The number of rotatable bonds is 6. The Morgan fingerprint density at radius 1 is 1.23 bits per heavy atom. The van der Waals surface area contributed by atoms with Crippen LogP contribution in [0, 0.1) is 19.3 Å². The summed E-state index contributed by atoms with van der Waals surface area (Å²) in [7, 11) is 1.70. The summed E-state index contributed by atoms with van der Waals surface area (Å²) in [6.45, 7) is 9.86. The molecule has 0 radical (unpaired) electrons. The Morgan fingerprint density at radius 3 is 2.55 bits per heavy atom. The van der Waals surface area contributed by atoms with Crippen LogP contribution >= 0.6 is 0 Å². The van der Waals surface area contributed by atoms with Crippen LogP contribution in [0.15, 0.2) is 6.07 Å². The lowest BCUT2D eigenvalue weighted by atomic mass is 9.76. The van der Waals surface area contributed by atoms with E-state index in [9.17, 15) is 14.4 Å². The number of carbonyl (C=O) groups excluding carboxylic acids is 3. The first-order chi connectivity index (χ1) is 14.8. The Bertz CT molecular complexity index is 858. The highest BCUT2D eigenvalue weighted by atomic mass is 16.5. The Balaban J connectivity index is 1.40. The maximum absolute atomic E-state index is 13.3. The average molecular weight is 431 g/mol. The summed E-state index contributed by atoms with van der Waals surface area (Å²) in [5, 5.41) is 0. The van der Waals surface area contributed by atoms with Crippen LogP contribution in [0.4, 0.5) is 4.79 Å². The van der Waals surface area contributed by atoms with Gasteiger partial charge >= 0.3 is 6.03 Å². The number of ether oxygens (including phenoxy) is 1. The number of likely N-dealkylation sites (tertiary alicyclic amines) is 1. The highest BCUT2D eigenvalue weighted by molar-refractivity contribution is 6.04. The molecular weight excluding hydrogens is 396 g/mol. The van der Waals surface area contributed by atoms with Crippen molar-refractivity contribution in [1.29, 1.82) is 0 Å². The van der Waals surface area contributed by atoms with E-state index in [1.165, 1.54) is 4.90 Å². The molecule has 1 unspecified atom stereocenters. The van der Waals surface area contributed by atoms with Gasteiger partial charge in [-0.05, 0) is 57.9 Å². The second-order valence-corrected chi connectivity index (χ2v) is 9.29. The summed E-state index contributed by atoms with van der Waals surface area (Å²) in [5.74, 6) is 0.0348. The molecule has 31 heavy (non-hydrogen) atoms. The van der Waals surface area contributed by atoms with Gasteiger partial charge in [-0.2, -0.15) is 0 Å². The fourth-order valence-corrected chi connectivity index (χ4v) is 5.64. The van der Waals surface area contributed by atoms with Gasteiger partial charge in [0, 0.05) is 57.8 Å². The van der Waals surface area contributed by atoms with Crippen LogP contribution in [-0.4, -0.2) is 83.0 Å². The van der Waals surface area contributed by atoms with Gasteiger partial charge in [-0.25, -0.2) is 4.79 Å². The molecule has 4 rings (SSSR count). The van der Waals surface area contributed by atoms with Crippen molar-refractivity contribution in [3.05, 3.63) is 23.0 Å². The van der Waals surface area contributed by atoms with E-state index in [0.717, 1.165) is 49.2 Å². The van der Waals surface area contributed by atoms with Crippen molar-refractivity contribution in [1.82, 2.24) is 19.3 Å². The number of likely N-dealkylation sites (N-methyl/N-ethyl adjacent to an activating group) is 1. The molecule has 1 spiro atoms. The minimum absolute atomic E-state index is 0.0381. The molecule has 3 fully saturated rings. The second kappa shape index (κ2) is 8.30. The Kier molecular flexibility index (Phi) is 5.85. The molecule has 0 aliphatic carbocycles. The van der Waals surface area contributed by atoms with Crippen molar-refractivity contribution in [3.63, 3.8) is 0 Å². The van der Waals surface area contributed by atoms with E-state index in [-0.39, 0.29) is 29.3 Å². The van der Waals surface area contributed by atoms with Gasteiger partial charge < -0.3 is 19.1 Å². The maximum atomic E-state index is 13.3. The van der Waals surface area contributed by atoms with Crippen molar-refractivity contribution in [3.8, 4) is 0 Å². The summed E-state index contributed by atoms with van der Waals surface area (Å²) in [4.78, 5) is 43.4. The minimum Gasteiger partial charge on any atom is -0.385 e. The number of fused-ring (bicyclic) bond motifs is 1. The molecule has 3 aliphatic heterocycles. The van der Waals surface area contributed by atoms with E-state index in [1.54, 1.807) is 12.0 Å². The SMILES string of the molecule is CCN1C(=O)C2CC3(CCN(C(=O)c4cc(C)n(CCCOC)c4C)CC3)CN2C1=O. The third-order valence-corrected chi connectivity index (χ3v) is 7.50. The Labute approximate surface area is 184 Å². The van der Waals surface area contributed by atoms with E-state index < -0.39 is 0 Å². The first kappa shape index (κ1) is 21.9. The van der Waals surface area contributed by atoms with Gasteiger partial charge in [0.25, 0.3) is 11.8 Å². The number of piperidine rings is 1. The Morgan fingerprint density at radius 2 is 1.94 bits per heavy atom. The van der Waals surface area contributed by atoms with Crippen molar-refractivity contribution in [2.75, 3.05) is 39.9 Å². The number of urea groups is 1. The number of amides is 4. The topological polar surface area (TPSA) is 75.1 Å². The number of hydrogen-bond acceptors (Lipinski definition) is 4. The zero-order valence-corrected chi connectivity index (χ0v) is 19.1. The molecule has 1 atom stereocenters. The fraction of sp³-hybridized carbons (Fsp3) is 0.696. The van der Waals surface area contributed by atoms with Gasteiger partial charge in [-0.3, -0.25) is 14.5 Å². The maximum Gasteiger partial charge on any atom is 0.327 e. The van der Waals surface area contributed by atoms with Crippen LogP contribution in [0.3, 0.4) is 0 Å². The van der Waals surface area contributed by atoms with Gasteiger partial charge in [-0.15, -0.1) is 0 Å². The predicted octanol–water partition coefficient (Wildman–Crippen LogP) is 2.42. The zero-order valence-electron chi connectivity index (χ0n) is 19.1. The molecule has 0 aromatic carbocycles. The highest BCUT2D eigenvalue weighted by Crippen LogP contribution is 2.46. The van der Waals surface area contributed by atoms with E-state index in [2.05, 4.69) is 4.57 Å². The van der Waals surface area contributed by atoms with E-state index in [0.29, 0.717) is 32.8 Å². The van der Waals surface area contributed by atoms with Gasteiger partial charge in [0.2, 0.25) is 0 Å². The number of aromatic nitrogens is 1. The number of methoxy groups -OCH3 is 1. The smallest absolute Gasteiger partial charge is 0.327 e. The summed E-state index contributed by atoms with van der Waals surface area (Å²) in [6.07, 6.45) is 3.32. The molecule has 0 N–H and O–H groups in total. The quantitative estimate of drug-likeness (QED) is 0.513. The molecule has 4 heterocycles. The number of imide groups is 1. The van der Waals surface area contributed by atoms with Crippen molar-refractivity contribution in [2.24, 2.45) is 5.41 Å². The van der Waals surface area contributed by atoms with Gasteiger partial charge in [0.15, 0.2) is 0 Å². The van der Waals surface area contributed by atoms with E-state index in [1.807, 2.05) is 31.7 Å². The highest BCUT2D eigenvalue weighted by Gasteiger charge is 2.56. The molecule has 170 valence electrons. The van der Waals surface area contributed by atoms with Crippen LogP contribution in [0.2, 0.25) is 0 Å². The Hall–Kier alpha value is -2.35. The van der Waals surface area contributed by atoms with Crippen LogP contribution in [0.5, 0.6) is 0 Å². The second-order valence-electron chi connectivity index (χ2n) is 9.29. The summed E-state index contributed by atoms with van der Waals surface area (Å²) >= 11 is 0. The third-order valence-electron chi connectivity index (χ3n) is 7.50. The molecule has 3 aliphatic rings. The average Bonchev–Trinajstić information content (AvgIpc) is 3.33. The van der Waals surface area contributed by atoms with Crippen molar-refractivity contribution in [2.45, 2.75) is 59.0 Å². The van der Waals surface area contributed by atoms with Crippen molar-refractivity contribution < 1.29 is 19.1 Å². The van der Waals surface area contributed by atoms with Gasteiger partial charge in [0.1, 0.15) is 6.04 Å². The van der Waals surface area contributed by atoms with Crippen molar-refractivity contribution >= 4 is 17.8 Å². The van der Waals surface area contributed by atoms with Crippen LogP contribution < -0.4 is 0 Å². The molecule has 3 saturated heterocycles. The zero-order chi connectivity index (χ0) is 22.3. The van der Waals surface area contributed by atoms with E-state index in [4.69, 9.17) is 4.74 Å². The largest absolute Gasteiger partial charge is 0.385 e. The standard InChI is InChI=1S/C23H34N4O4/c1-5-25-21(29)19-14-23(15-27(19)22(25)30)7-10-24(11-8-23)20(28)18-13-16(2)26(17(18)3)9-6-12-31-4/h13,19H,5-12,14-15H2,1-4H3. The first-order valence-corrected chi connectivity index (χ1v) is 11.4. The molecule has 0 saturated carbocycles. The summed E-state index contributed by atoms with van der Waals surface area (Å²) < 4.78 is 7.35. The van der Waals surface area contributed by atoms with E-state index >= 15 is 0 Å². The molecule has 1 aromatic heterocycles. The minimum atomic E-state index is -0.305. The lowest BCUT2D eigenvalue weighted by Gasteiger charge is -2.39. The predicted molar refractivity (Wildman–Crippen MR) is 116 cm³/mol. The number of nitrogens with zero attached hydrogens (tertiary/aromatic N) is 4. The molecular formula is C23H34N4O4. The number of hydrogen-bond donors (Lipinski definition) is 0. The van der Waals surface area contributed by atoms with Crippen LogP contribution in [0.1, 0.15) is 54.4 Å². The lowest BCUT2D eigenvalue weighted by Crippen LogP contribution is -2.45.